The summed E-state index contributed by atoms with van der Waals surface area (Å²) in [6.07, 6.45) is 0. The van der Waals surface area contributed by atoms with E-state index in [2.05, 4.69) is 267 Å². The third kappa shape index (κ3) is 7.39. The molecule has 12 aromatic rings. The molecule has 358 valence electrons. The molecular formula is C69H52BN3O2. The van der Waals surface area contributed by atoms with Crippen molar-refractivity contribution in [3.8, 4) is 33.6 Å². The number of nitrogens with zero attached hydrogens (tertiary/aromatic N) is 3. The number of benzene rings is 10. The fraction of sp³-hybridized carbons (Fsp3) is 0.0725. The number of hydrogen-bond donors (Lipinski definition) is 0. The van der Waals surface area contributed by atoms with Gasteiger partial charge in [-0.25, -0.2) is 0 Å². The molecule has 0 saturated carbocycles. The average molecular weight is 966 g/mol. The van der Waals surface area contributed by atoms with Gasteiger partial charge in [0.25, 0.3) is 6.71 Å². The lowest BCUT2D eigenvalue weighted by Crippen LogP contribution is -2.61. The fourth-order valence-corrected chi connectivity index (χ4v) is 11.9. The van der Waals surface area contributed by atoms with E-state index in [1.165, 1.54) is 44.4 Å². The van der Waals surface area contributed by atoms with E-state index >= 15 is 0 Å². The van der Waals surface area contributed by atoms with E-state index in [1.807, 2.05) is 12.1 Å². The van der Waals surface area contributed by atoms with Gasteiger partial charge in [0, 0.05) is 56.1 Å². The minimum Gasteiger partial charge on any atom is -0.468 e. The van der Waals surface area contributed by atoms with Crippen molar-refractivity contribution in [1.29, 1.82) is 0 Å². The Morgan fingerprint density at radius 3 is 1.71 bits per heavy atom. The van der Waals surface area contributed by atoms with E-state index in [0.29, 0.717) is 0 Å². The van der Waals surface area contributed by atoms with Crippen molar-refractivity contribution in [3.63, 3.8) is 0 Å². The lowest BCUT2D eigenvalue weighted by molar-refractivity contribution is 0.631. The van der Waals surface area contributed by atoms with Gasteiger partial charge in [0.05, 0.1) is 17.0 Å². The van der Waals surface area contributed by atoms with E-state index in [4.69, 9.17) is 8.83 Å². The van der Waals surface area contributed by atoms with Crippen molar-refractivity contribution in [2.75, 3.05) is 14.7 Å². The summed E-state index contributed by atoms with van der Waals surface area (Å²) in [5, 5.41) is 2.16. The summed E-state index contributed by atoms with van der Waals surface area (Å²) in [5.41, 5.74) is 24.2. The highest BCUT2D eigenvalue weighted by atomic mass is 16.3. The third-order valence-corrected chi connectivity index (χ3v) is 15.4. The quantitative estimate of drug-likeness (QED) is 0.135. The summed E-state index contributed by atoms with van der Waals surface area (Å²) in [5.74, 6) is 1.06. The van der Waals surface area contributed by atoms with Gasteiger partial charge in [-0.2, -0.15) is 0 Å². The van der Waals surface area contributed by atoms with Crippen LogP contribution in [0.5, 0.6) is 0 Å². The van der Waals surface area contributed by atoms with Gasteiger partial charge in [0.15, 0.2) is 0 Å². The zero-order chi connectivity index (χ0) is 50.3. The summed E-state index contributed by atoms with van der Waals surface area (Å²) < 4.78 is 13.8. The zero-order valence-corrected chi connectivity index (χ0v) is 42.3. The van der Waals surface area contributed by atoms with Gasteiger partial charge < -0.3 is 23.5 Å². The van der Waals surface area contributed by atoms with Crippen molar-refractivity contribution in [3.05, 3.63) is 253 Å². The highest BCUT2D eigenvalue weighted by Gasteiger charge is 2.47. The molecule has 0 bridgehead atoms. The second kappa shape index (κ2) is 17.7. The largest absolute Gasteiger partial charge is 0.468 e. The van der Waals surface area contributed by atoms with E-state index in [1.54, 1.807) is 0 Å². The predicted molar refractivity (Wildman–Crippen MR) is 315 cm³/mol. The maximum atomic E-state index is 7.36. The molecule has 0 spiro atoms. The van der Waals surface area contributed by atoms with E-state index in [0.717, 1.165) is 95.5 Å². The number of rotatable bonds is 9. The van der Waals surface area contributed by atoms with Gasteiger partial charge in [-0.3, -0.25) is 0 Å². The third-order valence-electron chi connectivity index (χ3n) is 15.4. The maximum absolute atomic E-state index is 7.36. The molecule has 2 aliphatic rings. The van der Waals surface area contributed by atoms with Crippen molar-refractivity contribution >= 4 is 96.4 Å². The van der Waals surface area contributed by atoms with Crippen molar-refractivity contribution < 1.29 is 8.83 Å². The van der Waals surface area contributed by atoms with Crippen LogP contribution in [0, 0.1) is 13.8 Å². The Bertz CT molecular complexity index is 4050. The highest BCUT2D eigenvalue weighted by Crippen LogP contribution is 2.51. The van der Waals surface area contributed by atoms with Gasteiger partial charge in [-0.05, 0) is 161 Å². The number of para-hydroxylation sites is 4. The van der Waals surface area contributed by atoms with Gasteiger partial charge in [-0.15, -0.1) is 0 Å². The number of hydrogen-bond acceptors (Lipinski definition) is 5. The standard InChI is InChI=1S/C69H52BN3O2/c1-44(2)51-40-61-66-62(41-51)73(67-45(3)20-18-21-46(67)4)60-43-56(71(54-28-12-7-13-29-54)55-30-19-27-49(37-55)65-42-50-26-14-16-32-63(50)74-65)34-35-59(60)70(66)69-68(58-31-15-17-33-64(58)75-69)72(61)57-38-52(47-22-8-5-9-23-47)36-53(39-57)48-24-10-6-11-25-48/h5-44H,1-4H3. The van der Waals surface area contributed by atoms with Crippen LogP contribution < -0.4 is 31.3 Å². The Balaban J connectivity index is 1.04. The minimum absolute atomic E-state index is 0.227. The lowest BCUT2D eigenvalue weighted by Gasteiger charge is -2.44. The predicted octanol–water partition coefficient (Wildman–Crippen LogP) is 17.5. The summed E-state index contributed by atoms with van der Waals surface area (Å²) >= 11 is 0. The van der Waals surface area contributed by atoms with Crippen LogP contribution in [-0.4, -0.2) is 6.71 Å². The van der Waals surface area contributed by atoms with Crippen LogP contribution in [0.2, 0.25) is 0 Å². The molecule has 0 fully saturated rings. The Morgan fingerprint density at radius 1 is 0.427 bits per heavy atom. The molecule has 0 unspecified atom stereocenters. The number of furan rings is 2. The molecule has 0 N–H and O–H groups in total. The average Bonchev–Trinajstić information content (AvgIpc) is 4.20. The van der Waals surface area contributed by atoms with Crippen LogP contribution in [-0.2, 0) is 0 Å². The molecule has 6 heteroatoms. The van der Waals surface area contributed by atoms with Gasteiger partial charge in [-0.1, -0.05) is 159 Å². The van der Waals surface area contributed by atoms with Crippen LogP contribution >= 0.6 is 0 Å². The van der Waals surface area contributed by atoms with Gasteiger partial charge in [0.2, 0.25) is 0 Å². The Labute approximate surface area is 438 Å². The number of fused-ring (bicyclic) bond motifs is 7. The first kappa shape index (κ1) is 44.4. The van der Waals surface area contributed by atoms with E-state index in [-0.39, 0.29) is 12.6 Å². The van der Waals surface area contributed by atoms with E-state index < -0.39 is 0 Å². The molecular weight excluding hydrogens is 914 g/mol. The van der Waals surface area contributed by atoms with Crippen LogP contribution in [0.25, 0.3) is 55.5 Å². The summed E-state index contributed by atoms with van der Waals surface area (Å²) in [6.45, 7) is 8.90. The topological polar surface area (TPSA) is 36.0 Å². The molecule has 2 aliphatic heterocycles. The second-order valence-corrected chi connectivity index (χ2v) is 20.4. The minimum atomic E-state index is -0.230. The van der Waals surface area contributed by atoms with Crippen LogP contribution in [0.3, 0.4) is 0 Å². The first-order valence-corrected chi connectivity index (χ1v) is 26.0. The Morgan fingerprint density at radius 2 is 1.01 bits per heavy atom. The van der Waals surface area contributed by atoms with Crippen LogP contribution in [0.4, 0.5) is 51.2 Å². The summed E-state index contributed by atoms with van der Waals surface area (Å²) in [7, 11) is 0. The first-order valence-electron chi connectivity index (χ1n) is 26.0. The van der Waals surface area contributed by atoms with Gasteiger partial charge >= 0.3 is 0 Å². The smallest absolute Gasteiger partial charge is 0.297 e. The number of anilines is 9. The number of aryl methyl sites for hydroxylation is 2. The molecule has 0 atom stereocenters. The Hall–Kier alpha value is -9.26. The molecule has 5 nitrogen and oxygen atoms in total. The molecule has 10 aromatic carbocycles. The second-order valence-electron chi connectivity index (χ2n) is 20.4. The maximum Gasteiger partial charge on any atom is 0.297 e. The monoisotopic (exact) mass is 965 g/mol. The highest BCUT2D eigenvalue weighted by molar-refractivity contribution is 7.00. The molecule has 14 rings (SSSR count). The molecule has 0 saturated heterocycles. The summed E-state index contributed by atoms with van der Waals surface area (Å²) in [6, 6.07) is 85.7. The molecule has 0 radical (unpaired) electrons. The van der Waals surface area contributed by atoms with Crippen LogP contribution in [0.1, 0.15) is 36.5 Å². The lowest BCUT2D eigenvalue weighted by atomic mass is 9.35. The first-order chi connectivity index (χ1) is 36.8. The van der Waals surface area contributed by atoms with Crippen LogP contribution in [0.15, 0.2) is 245 Å². The normalized spacial score (nSPS) is 12.6. The van der Waals surface area contributed by atoms with E-state index in [9.17, 15) is 0 Å². The molecule has 4 heterocycles. The molecule has 2 aromatic heterocycles. The zero-order valence-electron chi connectivity index (χ0n) is 42.3. The molecule has 0 aliphatic carbocycles. The van der Waals surface area contributed by atoms with Crippen molar-refractivity contribution in [1.82, 2.24) is 0 Å². The summed E-state index contributed by atoms with van der Waals surface area (Å²) in [4.78, 5) is 7.47. The van der Waals surface area contributed by atoms with Crippen molar-refractivity contribution in [2.24, 2.45) is 0 Å². The van der Waals surface area contributed by atoms with Gasteiger partial charge in [0.1, 0.15) is 16.9 Å². The molecule has 0 amide bonds. The molecule has 75 heavy (non-hydrogen) atoms. The SMILES string of the molecule is Cc1cccc(C)c1N1c2cc(N(c3ccccc3)c3cccc(-c4cc5ccccc5o4)c3)ccc2B2c3oc4ccccc4c3N(c3cc(-c4ccccc4)cc(-c4ccccc4)c3)c3cc(C(C)C)cc1c32. The Kier molecular flexibility index (Phi) is 10.5. The van der Waals surface area contributed by atoms with Crippen molar-refractivity contribution in [2.45, 2.75) is 33.6 Å². The fourth-order valence-electron chi connectivity index (χ4n) is 11.9.